The lowest BCUT2D eigenvalue weighted by Gasteiger charge is -2.51. The number of nitrogens with one attached hydrogen (secondary N) is 3. The first-order valence-electron chi connectivity index (χ1n) is 16.6. The molecule has 2 atom stereocenters. The molecule has 11 nitrogen and oxygen atoms in total. The monoisotopic (exact) mass is 604 g/mol. The SMILES string of the molecule is CCCC(N)N(c1nc(N(C)CNC)nc(N(C(N)CCC)C2CC(C)(C)NC(C)(C)C2)n1)C1CC(C)(C)NC(C)(C)C1. The van der Waals surface area contributed by atoms with Crippen LogP contribution < -0.4 is 42.1 Å². The number of aromatic nitrogens is 3. The van der Waals surface area contributed by atoms with Crippen LogP contribution in [0, 0.1) is 0 Å². The smallest absolute Gasteiger partial charge is 0.233 e. The maximum Gasteiger partial charge on any atom is 0.233 e. The van der Waals surface area contributed by atoms with E-state index in [-0.39, 0.29) is 46.6 Å². The molecule has 2 unspecified atom stereocenters. The molecule has 248 valence electrons. The number of anilines is 3. The van der Waals surface area contributed by atoms with Gasteiger partial charge in [-0.05, 0) is 101 Å². The van der Waals surface area contributed by atoms with E-state index < -0.39 is 0 Å². The third kappa shape index (κ3) is 9.36. The molecule has 2 aliphatic heterocycles. The Morgan fingerprint density at radius 3 is 1.33 bits per heavy atom. The minimum atomic E-state index is -0.216. The second-order valence-corrected chi connectivity index (χ2v) is 15.9. The second-order valence-electron chi connectivity index (χ2n) is 15.9. The first-order chi connectivity index (χ1) is 19.8. The minimum Gasteiger partial charge on any atom is -0.331 e. The Balaban J connectivity index is 2.23. The average molecular weight is 604 g/mol. The number of hydrogen-bond donors (Lipinski definition) is 5. The van der Waals surface area contributed by atoms with Crippen molar-refractivity contribution in [2.24, 2.45) is 11.5 Å². The molecule has 2 fully saturated rings. The summed E-state index contributed by atoms with van der Waals surface area (Å²) < 4.78 is 0. The fourth-order valence-electron chi connectivity index (χ4n) is 8.02. The molecule has 3 rings (SSSR count). The summed E-state index contributed by atoms with van der Waals surface area (Å²) in [7, 11) is 3.95. The van der Waals surface area contributed by atoms with E-state index in [0.717, 1.165) is 51.4 Å². The molecule has 0 amide bonds. The lowest BCUT2D eigenvalue weighted by Crippen LogP contribution is -2.65. The molecule has 0 bridgehead atoms. The van der Waals surface area contributed by atoms with Crippen LogP contribution in [0.3, 0.4) is 0 Å². The highest BCUT2D eigenvalue weighted by atomic mass is 15.4. The van der Waals surface area contributed by atoms with Crippen LogP contribution in [-0.2, 0) is 0 Å². The minimum absolute atomic E-state index is 0.0556. The van der Waals surface area contributed by atoms with E-state index in [1.54, 1.807) is 0 Å². The standard InChI is InChI=1S/C32H65N11/c1-13-15-24(33)42(22-17-29(3,4)39-30(5,6)18-22)27-36-26(41(12)21-35-11)37-28(38-27)43(25(34)16-14-2)23-19-31(7,8)40-32(9,10)20-23/h22-25,35,39-40H,13-21,33-34H2,1-12H3. The molecule has 0 aromatic carbocycles. The Hall–Kier alpha value is -1.79. The number of nitrogens with two attached hydrogens (primary N) is 2. The van der Waals surface area contributed by atoms with Gasteiger partial charge in [-0.1, -0.05) is 26.7 Å². The van der Waals surface area contributed by atoms with Gasteiger partial charge in [0.15, 0.2) is 0 Å². The van der Waals surface area contributed by atoms with Crippen LogP contribution in [0.5, 0.6) is 0 Å². The summed E-state index contributed by atoms with van der Waals surface area (Å²) in [6.07, 6.45) is 6.97. The van der Waals surface area contributed by atoms with Crippen molar-refractivity contribution in [1.29, 1.82) is 0 Å². The molecular weight excluding hydrogens is 538 g/mol. The summed E-state index contributed by atoms with van der Waals surface area (Å²) in [5.74, 6) is 1.91. The predicted octanol–water partition coefficient (Wildman–Crippen LogP) is 3.89. The molecule has 1 aromatic rings. The zero-order valence-corrected chi connectivity index (χ0v) is 29.5. The van der Waals surface area contributed by atoms with Gasteiger partial charge in [0.05, 0.1) is 19.0 Å². The fourth-order valence-corrected chi connectivity index (χ4v) is 8.02. The van der Waals surface area contributed by atoms with E-state index in [1.807, 2.05) is 19.0 Å². The van der Waals surface area contributed by atoms with Gasteiger partial charge in [-0.25, -0.2) is 0 Å². The van der Waals surface area contributed by atoms with Gasteiger partial charge in [0, 0.05) is 41.3 Å². The Kier molecular flexibility index (Phi) is 11.4. The van der Waals surface area contributed by atoms with Gasteiger partial charge < -0.3 is 42.1 Å². The van der Waals surface area contributed by atoms with Crippen molar-refractivity contribution in [3.63, 3.8) is 0 Å². The predicted molar refractivity (Wildman–Crippen MR) is 182 cm³/mol. The topological polar surface area (TPSA) is 137 Å². The van der Waals surface area contributed by atoms with Crippen LogP contribution in [-0.4, -0.2) is 82.3 Å². The molecule has 43 heavy (non-hydrogen) atoms. The number of piperidine rings is 2. The molecule has 0 spiro atoms. The highest BCUT2D eigenvalue weighted by Crippen LogP contribution is 2.37. The highest BCUT2D eigenvalue weighted by Gasteiger charge is 2.44. The number of rotatable bonds is 13. The lowest BCUT2D eigenvalue weighted by atomic mass is 9.78. The molecular formula is C32H65N11. The van der Waals surface area contributed by atoms with E-state index in [9.17, 15) is 0 Å². The van der Waals surface area contributed by atoms with Crippen molar-refractivity contribution < 1.29 is 0 Å². The number of hydrogen-bond acceptors (Lipinski definition) is 11. The summed E-state index contributed by atoms with van der Waals surface area (Å²) in [6.45, 7) is 23.2. The molecule has 2 aliphatic rings. The lowest BCUT2D eigenvalue weighted by molar-refractivity contribution is 0.152. The van der Waals surface area contributed by atoms with E-state index in [0.29, 0.717) is 24.5 Å². The van der Waals surface area contributed by atoms with Crippen LogP contribution >= 0.6 is 0 Å². The average Bonchev–Trinajstić information content (AvgIpc) is 2.81. The Morgan fingerprint density at radius 1 is 0.698 bits per heavy atom. The molecule has 0 aliphatic carbocycles. The maximum atomic E-state index is 7.03. The Bertz CT molecular complexity index is 936. The molecule has 0 saturated carbocycles. The van der Waals surface area contributed by atoms with Crippen LogP contribution in [0.4, 0.5) is 17.8 Å². The quantitative estimate of drug-likeness (QED) is 0.210. The molecule has 11 heteroatoms. The highest BCUT2D eigenvalue weighted by molar-refractivity contribution is 5.49. The largest absolute Gasteiger partial charge is 0.331 e. The number of nitrogens with zero attached hydrogens (tertiary/aromatic N) is 6. The van der Waals surface area contributed by atoms with Crippen molar-refractivity contribution in [2.45, 2.75) is 167 Å². The normalized spacial score (nSPS) is 23.0. The van der Waals surface area contributed by atoms with Crippen molar-refractivity contribution >= 4 is 17.8 Å². The van der Waals surface area contributed by atoms with E-state index >= 15 is 0 Å². The first kappa shape index (κ1) is 35.7. The second kappa shape index (κ2) is 13.7. The van der Waals surface area contributed by atoms with Crippen molar-refractivity contribution in [1.82, 2.24) is 30.9 Å². The molecule has 7 N–H and O–H groups in total. The van der Waals surface area contributed by atoms with E-state index in [1.165, 1.54) is 0 Å². The van der Waals surface area contributed by atoms with Gasteiger partial charge in [-0.2, -0.15) is 15.0 Å². The zero-order chi connectivity index (χ0) is 32.4. The van der Waals surface area contributed by atoms with Gasteiger partial charge in [0.25, 0.3) is 0 Å². The molecule has 3 heterocycles. The zero-order valence-electron chi connectivity index (χ0n) is 29.5. The summed E-state index contributed by atoms with van der Waals surface area (Å²) in [4.78, 5) is 22.2. The Labute approximate surface area is 262 Å². The third-order valence-corrected chi connectivity index (χ3v) is 8.81. The molecule has 0 radical (unpaired) electrons. The third-order valence-electron chi connectivity index (χ3n) is 8.81. The van der Waals surface area contributed by atoms with Gasteiger partial charge in [0.2, 0.25) is 17.8 Å². The van der Waals surface area contributed by atoms with Gasteiger partial charge in [-0.15, -0.1) is 0 Å². The van der Waals surface area contributed by atoms with Crippen molar-refractivity contribution in [3.05, 3.63) is 0 Å². The van der Waals surface area contributed by atoms with Crippen LogP contribution in [0.25, 0.3) is 0 Å². The van der Waals surface area contributed by atoms with Gasteiger partial charge >= 0.3 is 0 Å². The molecule has 1 aromatic heterocycles. The Morgan fingerprint density at radius 2 is 1.02 bits per heavy atom. The summed E-state index contributed by atoms with van der Waals surface area (Å²) in [6, 6.07) is 0.333. The van der Waals surface area contributed by atoms with Crippen molar-refractivity contribution in [3.8, 4) is 0 Å². The summed E-state index contributed by atoms with van der Waals surface area (Å²) >= 11 is 0. The van der Waals surface area contributed by atoms with Crippen LogP contribution in [0.15, 0.2) is 0 Å². The maximum absolute atomic E-state index is 7.03. The summed E-state index contributed by atoms with van der Waals surface area (Å²) in [5, 5.41) is 10.9. The summed E-state index contributed by atoms with van der Waals surface area (Å²) in [5.41, 5.74) is 13.8. The van der Waals surface area contributed by atoms with Gasteiger partial charge in [-0.3, -0.25) is 0 Å². The van der Waals surface area contributed by atoms with Gasteiger partial charge in [0.1, 0.15) is 0 Å². The van der Waals surface area contributed by atoms with E-state index in [4.69, 9.17) is 26.4 Å². The first-order valence-corrected chi connectivity index (χ1v) is 16.6. The van der Waals surface area contributed by atoms with Crippen molar-refractivity contribution in [2.75, 3.05) is 35.5 Å². The fraction of sp³-hybridized carbons (Fsp3) is 0.906. The molecule has 2 saturated heterocycles. The van der Waals surface area contributed by atoms with Crippen LogP contribution in [0.1, 0.15) is 121 Å². The van der Waals surface area contributed by atoms with Crippen LogP contribution in [0.2, 0.25) is 0 Å². The van der Waals surface area contributed by atoms with E-state index in [2.05, 4.69) is 95.0 Å².